The standard InChI is InChI=1S/C20H25N3/c1-3-18(4-2)23-13-7-10-19(23)14-16-8-6-12-22-20(16)17-9-5-11-21-15-17/h5,7,9-11,13-15,18H,3-4,6,8,12H2,1-2H3/b16-14+. The van der Waals surface area contributed by atoms with Crippen LogP contribution in [-0.4, -0.2) is 21.8 Å². The summed E-state index contributed by atoms with van der Waals surface area (Å²) >= 11 is 0. The number of allylic oxidation sites excluding steroid dienone is 1. The zero-order chi connectivity index (χ0) is 16.1. The zero-order valence-corrected chi connectivity index (χ0v) is 14.1. The fraction of sp³-hybridized carbons (Fsp3) is 0.400. The van der Waals surface area contributed by atoms with Crippen LogP contribution in [0.5, 0.6) is 0 Å². The molecule has 1 aliphatic heterocycles. The van der Waals surface area contributed by atoms with Gasteiger partial charge in [-0.3, -0.25) is 9.98 Å². The molecule has 0 saturated heterocycles. The summed E-state index contributed by atoms with van der Waals surface area (Å²) in [5, 5.41) is 0. The average Bonchev–Trinajstić information content (AvgIpc) is 3.05. The second-order valence-electron chi connectivity index (χ2n) is 6.06. The monoisotopic (exact) mass is 307 g/mol. The molecule has 0 aliphatic carbocycles. The molecule has 0 aromatic carbocycles. The molecule has 0 N–H and O–H groups in total. The minimum absolute atomic E-state index is 0.569. The van der Waals surface area contributed by atoms with Crippen LogP contribution in [0.25, 0.3) is 6.08 Å². The highest BCUT2D eigenvalue weighted by Gasteiger charge is 2.16. The molecule has 0 atom stereocenters. The van der Waals surface area contributed by atoms with E-state index >= 15 is 0 Å². The topological polar surface area (TPSA) is 30.2 Å². The van der Waals surface area contributed by atoms with Crippen molar-refractivity contribution in [3.05, 3.63) is 59.7 Å². The maximum absolute atomic E-state index is 4.78. The van der Waals surface area contributed by atoms with Crippen molar-refractivity contribution in [2.45, 2.75) is 45.6 Å². The van der Waals surface area contributed by atoms with Crippen molar-refractivity contribution in [3.8, 4) is 0 Å². The van der Waals surface area contributed by atoms with Crippen LogP contribution in [0.3, 0.4) is 0 Å². The van der Waals surface area contributed by atoms with Crippen LogP contribution in [0.1, 0.15) is 56.8 Å². The fourth-order valence-electron chi connectivity index (χ4n) is 3.32. The zero-order valence-electron chi connectivity index (χ0n) is 14.1. The Morgan fingerprint density at radius 3 is 2.83 bits per heavy atom. The van der Waals surface area contributed by atoms with Crippen molar-refractivity contribution in [3.63, 3.8) is 0 Å². The number of aliphatic imine (C=N–C) groups is 1. The first-order valence-corrected chi connectivity index (χ1v) is 8.66. The fourth-order valence-corrected chi connectivity index (χ4v) is 3.32. The minimum atomic E-state index is 0.569. The summed E-state index contributed by atoms with van der Waals surface area (Å²) in [5.41, 5.74) is 4.85. The summed E-state index contributed by atoms with van der Waals surface area (Å²) in [4.78, 5) is 9.03. The molecule has 0 bridgehead atoms. The second-order valence-corrected chi connectivity index (χ2v) is 6.06. The molecule has 0 radical (unpaired) electrons. The molecule has 3 rings (SSSR count). The highest BCUT2D eigenvalue weighted by molar-refractivity contribution is 6.15. The molecule has 3 heteroatoms. The highest BCUT2D eigenvalue weighted by atomic mass is 15.0. The van der Waals surface area contributed by atoms with Crippen molar-refractivity contribution >= 4 is 11.8 Å². The van der Waals surface area contributed by atoms with E-state index in [9.17, 15) is 0 Å². The molecule has 3 heterocycles. The van der Waals surface area contributed by atoms with Gasteiger partial charge in [-0.25, -0.2) is 0 Å². The maximum Gasteiger partial charge on any atom is 0.0694 e. The normalized spacial score (nSPS) is 16.8. The lowest BCUT2D eigenvalue weighted by Gasteiger charge is -2.20. The van der Waals surface area contributed by atoms with Gasteiger partial charge in [0, 0.05) is 42.4 Å². The van der Waals surface area contributed by atoms with E-state index in [1.807, 2.05) is 18.5 Å². The van der Waals surface area contributed by atoms with Crippen molar-refractivity contribution < 1.29 is 0 Å². The first-order valence-electron chi connectivity index (χ1n) is 8.66. The van der Waals surface area contributed by atoms with Gasteiger partial charge >= 0.3 is 0 Å². The van der Waals surface area contributed by atoms with E-state index in [0.717, 1.165) is 43.5 Å². The largest absolute Gasteiger partial charge is 0.345 e. The van der Waals surface area contributed by atoms with Crippen LogP contribution in [-0.2, 0) is 0 Å². The lowest BCUT2D eigenvalue weighted by Crippen LogP contribution is -2.13. The van der Waals surface area contributed by atoms with Gasteiger partial charge in [0.15, 0.2) is 0 Å². The van der Waals surface area contributed by atoms with Gasteiger partial charge in [-0.2, -0.15) is 0 Å². The molecule has 0 unspecified atom stereocenters. The Hall–Kier alpha value is -2.16. The molecule has 2 aromatic rings. The van der Waals surface area contributed by atoms with E-state index in [4.69, 9.17) is 4.99 Å². The van der Waals surface area contributed by atoms with Crippen molar-refractivity contribution in [1.29, 1.82) is 0 Å². The van der Waals surface area contributed by atoms with E-state index in [0.29, 0.717) is 6.04 Å². The predicted octanol–water partition coefficient (Wildman–Crippen LogP) is 4.91. The van der Waals surface area contributed by atoms with E-state index in [2.05, 4.69) is 53.9 Å². The molecular weight excluding hydrogens is 282 g/mol. The number of hydrogen-bond donors (Lipinski definition) is 0. The van der Waals surface area contributed by atoms with Crippen LogP contribution in [0.4, 0.5) is 0 Å². The van der Waals surface area contributed by atoms with Gasteiger partial charge in [0.2, 0.25) is 0 Å². The van der Waals surface area contributed by atoms with Crippen LogP contribution in [0.2, 0.25) is 0 Å². The van der Waals surface area contributed by atoms with Crippen LogP contribution < -0.4 is 0 Å². The summed E-state index contributed by atoms with van der Waals surface area (Å²) in [6.07, 6.45) is 12.8. The first-order chi connectivity index (χ1) is 11.3. The number of hydrogen-bond acceptors (Lipinski definition) is 2. The Balaban J connectivity index is 1.97. The van der Waals surface area contributed by atoms with Gasteiger partial charge in [0.25, 0.3) is 0 Å². The Bertz CT molecular complexity index is 691. The summed E-state index contributed by atoms with van der Waals surface area (Å²) in [6, 6.07) is 9.01. The maximum atomic E-state index is 4.78. The van der Waals surface area contributed by atoms with E-state index in [1.54, 1.807) is 0 Å². The third-order valence-corrected chi connectivity index (χ3v) is 4.58. The van der Waals surface area contributed by atoms with E-state index in [1.165, 1.54) is 11.3 Å². The Morgan fingerprint density at radius 1 is 1.22 bits per heavy atom. The van der Waals surface area contributed by atoms with Crippen LogP contribution in [0.15, 0.2) is 53.4 Å². The van der Waals surface area contributed by atoms with Crippen molar-refractivity contribution in [1.82, 2.24) is 9.55 Å². The summed E-state index contributed by atoms with van der Waals surface area (Å²) in [7, 11) is 0. The predicted molar refractivity (Wildman–Crippen MR) is 96.9 cm³/mol. The van der Waals surface area contributed by atoms with E-state index < -0.39 is 0 Å². The highest BCUT2D eigenvalue weighted by Crippen LogP contribution is 2.25. The molecule has 23 heavy (non-hydrogen) atoms. The lowest BCUT2D eigenvalue weighted by molar-refractivity contribution is 0.471. The van der Waals surface area contributed by atoms with Gasteiger partial charge in [-0.05, 0) is 61.6 Å². The summed E-state index contributed by atoms with van der Waals surface area (Å²) in [5.74, 6) is 0. The van der Waals surface area contributed by atoms with Crippen molar-refractivity contribution in [2.24, 2.45) is 4.99 Å². The average molecular weight is 307 g/mol. The Morgan fingerprint density at radius 2 is 2.09 bits per heavy atom. The third-order valence-electron chi connectivity index (χ3n) is 4.58. The van der Waals surface area contributed by atoms with Crippen LogP contribution in [0, 0.1) is 0 Å². The van der Waals surface area contributed by atoms with Crippen molar-refractivity contribution in [2.75, 3.05) is 6.54 Å². The van der Waals surface area contributed by atoms with Gasteiger partial charge in [-0.15, -0.1) is 0 Å². The lowest BCUT2D eigenvalue weighted by atomic mass is 9.96. The van der Waals surface area contributed by atoms with Gasteiger partial charge < -0.3 is 4.57 Å². The van der Waals surface area contributed by atoms with Gasteiger partial charge in [0.1, 0.15) is 0 Å². The molecule has 0 fully saturated rings. The second kappa shape index (κ2) is 7.40. The minimum Gasteiger partial charge on any atom is -0.345 e. The Labute approximate surface area is 138 Å². The first kappa shape index (κ1) is 15.7. The molecule has 0 spiro atoms. The Kier molecular flexibility index (Phi) is 5.06. The molecule has 3 nitrogen and oxygen atoms in total. The molecule has 0 saturated carbocycles. The van der Waals surface area contributed by atoms with E-state index in [-0.39, 0.29) is 0 Å². The molecule has 2 aromatic heterocycles. The summed E-state index contributed by atoms with van der Waals surface area (Å²) in [6.45, 7) is 5.43. The molecule has 120 valence electrons. The SMILES string of the molecule is CCC(CC)n1cccc1/C=C1\CCCN=C1c1cccnc1. The molecule has 0 amide bonds. The summed E-state index contributed by atoms with van der Waals surface area (Å²) < 4.78 is 2.41. The number of pyridine rings is 1. The number of rotatable bonds is 5. The quantitative estimate of drug-likeness (QED) is 0.772. The smallest absolute Gasteiger partial charge is 0.0694 e. The third kappa shape index (κ3) is 3.44. The van der Waals surface area contributed by atoms with Gasteiger partial charge in [-0.1, -0.05) is 13.8 Å². The molecule has 1 aliphatic rings. The number of nitrogens with zero attached hydrogens (tertiary/aromatic N) is 3. The van der Waals surface area contributed by atoms with Crippen LogP contribution >= 0.6 is 0 Å². The number of aromatic nitrogens is 2. The van der Waals surface area contributed by atoms with Gasteiger partial charge in [0.05, 0.1) is 5.71 Å². The molecular formula is C20H25N3.